The van der Waals surface area contributed by atoms with Gasteiger partial charge in [0, 0.05) is 4.47 Å². The molecule has 0 heterocycles. The van der Waals surface area contributed by atoms with Gasteiger partial charge in [-0.05, 0) is 30.3 Å². The van der Waals surface area contributed by atoms with Crippen LogP contribution in [0.4, 0.5) is 19.3 Å². The molecule has 2 amide bonds. The lowest BCUT2D eigenvalue weighted by atomic mass is 10.3. The van der Waals surface area contributed by atoms with Crippen molar-refractivity contribution in [2.45, 2.75) is 0 Å². The molecule has 2 N–H and O–H groups in total. The van der Waals surface area contributed by atoms with Crippen molar-refractivity contribution >= 4 is 27.6 Å². The van der Waals surface area contributed by atoms with Gasteiger partial charge < -0.3 is 15.4 Å². The Hall–Kier alpha value is -2.59. The summed E-state index contributed by atoms with van der Waals surface area (Å²) >= 11 is 3.33. The second-order valence-electron chi connectivity index (χ2n) is 4.50. The molecule has 124 valence electrons. The molecule has 0 aliphatic heterocycles. The third-order valence-corrected chi connectivity index (χ3v) is 3.26. The normalized spacial score (nSPS) is 9.62. The Morgan fingerprint density at radius 2 is 1.83 bits per heavy atom. The number of carbonyl (C=O) groups excluding carboxylic acids is 1. The van der Waals surface area contributed by atoms with Crippen molar-refractivity contribution in [3.63, 3.8) is 0 Å². The third kappa shape index (κ3) is 5.56. The molecule has 0 bridgehead atoms. The van der Waals surface area contributed by atoms with Gasteiger partial charge in [-0.1, -0.05) is 39.9 Å². The number of hydrogen-bond acceptors (Lipinski definition) is 2. The van der Waals surface area contributed by atoms with Crippen molar-refractivity contribution in [1.29, 1.82) is 0 Å². The van der Waals surface area contributed by atoms with Gasteiger partial charge in [0.05, 0.1) is 6.54 Å². The zero-order chi connectivity index (χ0) is 17.4. The molecule has 0 spiro atoms. The zero-order valence-electron chi connectivity index (χ0n) is 12.4. The quantitative estimate of drug-likeness (QED) is 0.771. The van der Waals surface area contributed by atoms with Crippen LogP contribution in [-0.2, 0) is 0 Å². The molecule has 2 aromatic carbocycles. The Morgan fingerprint density at radius 1 is 1.12 bits per heavy atom. The SMILES string of the molecule is O=C(NCC#CCOc1cccc(Br)c1)Nc1c(F)cccc1F. The van der Waals surface area contributed by atoms with Gasteiger partial charge in [-0.2, -0.15) is 0 Å². The molecule has 2 aromatic rings. The molecule has 0 aliphatic carbocycles. The number of anilines is 1. The van der Waals surface area contributed by atoms with Gasteiger partial charge >= 0.3 is 6.03 Å². The minimum absolute atomic E-state index is 0.0176. The van der Waals surface area contributed by atoms with Crippen LogP contribution >= 0.6 is 15.9 Å². The van der Waals surface area contributed by atoms with E-state index in [1.807, 2.05) is 12.1 Å². The molecule has 4 nitrogen and oxygen atoms in total. The van der Waals surface area contributed by atoms with Crippen LogP contribution in [0.1, 0.15) is 0 Å². The third-order valence-electron chi connectivity index (χ3n) is 2.77. The summed E-state index contributed by atoms with van der Waals surface area (Å²) in [5.74, 6) is 4.36. The van der Waals surface area contributed by atoms with Gasteiger partial charge in [-0.15, -0.1) is 0 Å². The number of ether oxygens (including phenoxy) is 1. The van der Waals surface area contributed by atoms with Crippen LogP contribution in [-0.4, -0.2) is 19.2 Å². The number of carbonyl (C=O) groups is 1. The van der Waals surface area contributed by atoms with Crippen LogP contribution in [0.3, 0.4) is 0 Å². The Bertz CT molecular complexity index is 767. The van der Waals surface area contributed by atoms with Crippen LogP contribution in [0, 0.1) is 23.5 Å². The number of hydrogen-bond donors (Lipinski definition) is 2. The molecule has 0 fully saturated rings. The molecular formula is C17H13BrF2N2O2. The maximum absolute atomic E-state index is 13.4. The molecule has 0 radical (unpaired) electrons. The number of amides is 2. The zero-order valence-corrected chi connectivity index (χ0v) is 14.0. The average Bonchev–Trinajstić information content (AvgIpc) is 2.54. The number of rotatable bonds is 4. The van der Waals surface area contributed by atoms with Crippen LogP contribution in [0.15, 0.2) is 46.9 Å². The standard InChI is InChI=1S/C17H13BrF2N2O2/c18-12-5-3-6-13(11-12)24-10-2-1-9-21-17(23)22-16-14(19)7-4-8-15(16)20/h3-8,11H,9-10H2,(H2,21,22,23). The molecule has 0 unspecified atom stereocenters. The van der Waals surface area contributed by atoms with E-state index < -0.39 is 23.4 Å². The van der Waals surface area contributed by atoms with Gasteiger partial charge in [0.2, 0.25) is 0 Å². The summed E-state index contributed by atoms with van der Waals surface area (Å²) in [7, 11) is 0. The molecule has 7 heteroatoms. The first kappa shape index (κ1) is 17.8. The van der Waals surface area contributed by atoms with Crippen molar-refractivity contribution in [3.05, 3.63) is 58.6 Å². The van der Waals surface area contributed by atoms with Gasteiger partial charge in [-0.25, -0.2) is 13.6 Å². The van der Waals surface area contributed by atoms with E-state index >= 15 is 0 Å². The Balaban J connectivity index is 1.73. The van der Waals surface area contributed by atoms with Crippen LogP contribution in [0.2, 0.25) is 0 Å². The first-order valence-corrected chi connectivity index (χ1v) is 7.68. The lowest BCUT2D eigenvalue weighted by Gasteiger charge is -2.07. The van der Waals surface area contributed by atoms with E-state index in [1.54, 1.807) is 12.1 Å². The topological polar surface area (TPSA) is 50.4 Å². The minimum Gasteiger partial charge on any atom is -0.481 e. The van der Waals surface area contributed by atoms with Crippen LogP contribution in [0.5, 0.6) is 5.75 Å². The second kappa shape index (κ2) is 8.89. The fourth-order valence-electron chi connectivity index (χ4n) is 1.69. The van der Waals surface area contributed by atoms with Crippen molar-refractivity contribution < 1.29 is 18.3 Å². The molecular weight excluding hydrogens is 382 g/mol. The number of para-hydroxylation sites is 1. The molecule has 0 aromatic heterocycles. The van der Waals surface area contributed by atoms with E-state index in [-0.39, 0.29) is 13.2 Å². The highest BCUT2D eigenvalue weighted by Gasteiger charge is 2.10. The Morgan fingerprint density at radius 3 is 2.54 bits per heavy atom. The van der Waals surface area contributed by atoms with Crippen molar-refractivity contribution in [2.75, 3.05) is 18.5 Å². The predicted molar refractivity (Wildman–Crippen MR) is 90.8 cm³/mol. The van der Waals surface area contributed by atoms with Crippen molar-refractivity contribution in [2.24, 2.45) is 0 Å². The van der Waals surface area contributed by atoms with Crippen molar-refractivity contribution in [1.82, 2.24) is 5.32 Å². The van der Waals surface area contributed by atoms with Gasteiger partial charge in [-0.3, -0.25) is 0 Å². The summed E-state index contributed by atoms with van der Waals surface area (Å²) in [5, 5.41) is 4.47. The highest BCUT2D eigenvalue weighted by atomic mass is 79.9. The Kier molecular flexibility index (Phi) is 6.58. The monoisotopic (exact) mass is 394 g/mol. The molecule has 0 aliphatic rings. The van der Waals surface area contributed by atoms with E-state index in [1.165, 1.54) is 6.07 Å². The lowest BCUT2D eigenvalue weighted by molar-refractivity contribution is 0.253. The highest BCUT2D eigenvalue weighted by molar-refractivity contribution is 9.10. The smallest absolute Gasteiger partial charge is 0.320 e. The average molecular weight is 395 g/mol. The number of urea groups is 1. The van der Waals surface area contributed by atoms with E-state index in [0.717, 1.165) is 16.6 Å². The molecule has 2 rings (SSSR count). The molecule has 0 atom stereocenters. The second-order valence-corrected chi connectivity index (χ2v) is 5.42. The van der Waals surface area contributed by atoms with E-state index in [9.17, 15) is 13.6 Å². The summed E-state index contributed by atoms with van der Waals surface area (Å²) < 4.78 is 33.0. The highest BCUT2D eigenvalue weighted by Crippen LogP contribution is 2.18. The molecule has 0 saturated carbocycles. The summed E-state index contributed by atoms with van der Waals surface area (Å²) in [4.78, 5) is 11.5. The summed E-state index contributed by atoms with van der Waals surface area (Å²) in [6.07, 6.45) is 0. The maximum Gasteiger partial charge on any atom is 0.320 e. The first-order valence-electron chi connectivity index (χ1n) is 6.89. The van der Waals surface area contributed by atoms with Gasteiger partial charge in [0.1, 0.15) is 29.7 Å². The van der Waals surface area contributed by atoms with E-state index in [4.69, 9.17) is 4.74 Å². The first-order chi connectivity index (χ1) is 11.6. The van der Waals surface area contributed by atoms with Gasteiger partial charge in [0.25, 0.3) is 0 Å². The number of halogens is 3. The van der Waals surface area contributed by atoms with E-state index in [2.05, 4.69) is 38.4 Å². The molecule has 0 saturated heterocycles. The van der Waals surface area contributed by atoms with Crippen LogP contribution < -0.4 is 15.4 Å². The summed E-state index contributed by atoms with van der Waals surface area (Å²) in [6.45, 7) is 0.172. The van der Waals surface area contributed by atoms with Gasteiger partial charge in [0.15, 0.2) is 0 Å². The van der Waals surface area contributed by atoms with Crippen LogP contribution in [0.25, 0.3) is 0 Å². The fourth-order valence-corrected chi connectivity index (χ4v) is 2.07. The Labute approximate surface area is 146 Å². The number of benzene rings is 2. The fraction of sp³-hybridized carbons (Fsp3) is 0.118. The predicted octanol–water partition coefficient (Wildman–Crippen LogP) is 3.93. The molecule has 24 heavy (non-hydrogen) atoms. The summed E-state index contributed by atoms with van der Waals surface area (Å²) in [6, 6.07) is 9.87. The number of nitrogens with one attached hydrogen (secondary N) is 2. The maximum atomic E-state index is 13.4. The lowest BCUT2D eigenvalue weighted by Crippen LogP contribution is -2.29. The minimum atomic E-state index is -0.848. The van der Waals surface area contributed by atoms with E-state index in [0.29, 0.717) is 5.75 Å². The largest absolute Gasteiger partial charge is 0.481 e. The van der Waals surface area contributed by atoms with Crippen molar-refractivity contribution in [3.8, 4) is 17.6 Å². The summed E-state index contributed by atoms with van der Waals surface area (Å²) in [5.41, 5.74) is -0.499.